The summed E-state index contributed by atoms with van der Waals surface area (Å²) in [6.45, 7) is 5.71. The van der Waals surface area contributed by atoms with Crippen LogP contribution >= 0.6 is 0 Å². The maximum atomic E-state index is 12.9. The average molecular weight is 396 g/mol. The highest BCUT2D eigenvalue weighted by Crippen LogP contribution is 2.44. The third-order valence-electron chi connectivity index (χ3n) is 5.05. The van der Waals surface area contributed by atoms with Crippen LogP contribution < -0.4 is 19.6 Å². The van der Waals surface area contributed by atoms with Crippen LogP contribution in [0.15, 0.2) is 45.6 Å². The van der Waals surface area contributed by atoms with Gasteiger partial charge in [0.05, 0.1) is 14.2 Å². The van der Waals surface area contributed by atoms with Crippen LogP contribution in [-0.4, -0.2) is 30.5 Å². The highest BCUT2D eigenvalue weighted by Gasteiger charge is 2.30. The van der Waals surface area contributed by atoms with Crippen LogP contribution in [0, 0.1) is 0 Å². The van der Waals surface area contributed by atoms with E-state index >= 15 is 0 Å². The van der Waals surface area contributed by atoms with Crippen LogP contribution in [0.1, 0.15) is 12.5 Å². The third-order valence-corrected chi connectivity index (χ3v) is 5.05. The van der Waals surface area contributed by atoms with E-state index in [1.54, 1.807) is 24.3 Å². The molecule has 0 amide bonds. The Balaban J connectivity index is 1.93. The summed E-state index contributed by atoms with van der Waals surface area (Å²) in [5.41, 5.74) is 1.10. The lowest BCUT2D eigenvalue weighted by Crippen LogP contribution is -2.13. The largest absolute Gasteiger partial charge is 0.507 e. The minimum atomic E-state index is -0.727. The number of aromatic hydroxyl groups is 2. The molecule has 1 atom stereocenters. The Hall–Kier alpha value is -3.61. The summed E-state index contributed by atoms with van der Waals surface area (Å²) in [5.74, 6) is 0.442. The van der Waals surface area contributed by atoms with E-state index < -0.39 is 11.2 Å². The molecule has 7 heteroatoms. The summed E-state index contributed by atoms with van der Waals surface area (Å²) in [4.78, 5) is 12.9. The molecule has 4 rings (SSSR count). The topological polar surface area (TPSA) is 98.4 Å². The first-order chi connectivity index (χ1) is 13.8. The Morgan fingerprint density at radius 3 is 2.52 bits per heavy atom. The van der Waals surface area contributed by atoms with Gasteiger partial charge < -0.3 is 28.8 Å². The zero-order chi connectivity index (χ0) is 20.9. The van der Waals surface area contributed by atoms with Crippen molar-refractivity contribution >= 4 is 11.0 Å². The summed E-state index contributed by atoms with van der Waals surface area (Å²) in [6, 6.07) is 6.41. The lowest BCUT2D eigenvalue weighted by molar-refractivity contribution is 0.271. The molecule has 7 nitrogen and oxygen atoms in total. The highest BCUT2D eigenvalue weighted by molar-refractivity contribution is 5.90. The number of phenols is 1. The Labute approximate surface area is 166 Å². The second-order valence-corrected chi connectivity index (χ2v) is 6.91. The fourth-order valence-electron chi connectivity index (χ4n) is 3.47. The molecule has 29 heavy (non-hydrogen) atoms. The van der Waals surface area contributed by atoms with Crippen LogP contribution in [0.4, 0.5) is 0 Å². The van der Waals surface area contributed by atoms with Crippen molar-refractivity contribution in [1.29, 1.82) is 0 Å². The number of benzene rings is 2. The summed E-state index contributed by atoms with van der Waals surface area (Å²) in [5, 5.41) is 21.1. The predicted octanol–water partition coefficient (Wildman–Crippen LogP) is 3.77. The molecule has 0 aliphatic carbocycles. The molecule has 0 spiro atoms. The van der Waals surface area contributed by atoms with E-state index in [0.717, 1.165) is 5.57 Å². The highest BCUT2D eigenvalue weighted by atomic mass is 16.5. The van der Waals surface area contributed by atoms with Crippen LogP contribution in [0.25, 0.3) is 22.3 Å². The van der Waals surface area contributed by atoms with Gasteiger partial charge in [-0.3, -0.25) is 4.79 Å². The Kier molecular flexibility index (Phi) is 4.38. The minimum Gasteiger partial charge on any atom is -0.507 e. The molecule has 0 radical (unpaired) electrons. The van der Waals surface area contributed by atoms with Crippen LogP contribution in [-0.2, 0) is 6.42 Å². The van der Waals surface area contributed by atoms with Gasteiger partial charge in [0, 0.05) is 23.6 Å². The molecule has 0 fully saturated rings. The summed E-state index contributed by atoms with van der Waals surface area (Å²) >= 11 is 0. The van der Waals surface area contributed by atoms with Crippen molar-refractivity contribution in [3.05, 3.63) is 52.2 Å². The van der Waals surface area contributed by atoms with E-state index in [1.165, 1.54) is 14.2 Å². The average Bonchev–Trinajstić information content (AvgIpc) is 3.15. The fraction of sp³-hybridized carbons (Fsp3) is 0.227. The molecule has 1 aromatic heterocycles. The second-order valence-electron chi connectivity index (χ2n) is 6.91. The molecule has 2 aromatic carbocycles. The van der Waals surface area contributed by atoms with E-state index in [2.05, 4.69) is 6.58 Å². The molecule has 2 N–H and O–H groups in total. The van der Waals surface area contributed by atoms with Crippen LogP contribution in [0.3, 0.4) is 0 Å². The molecular formula is C22H20O7. The predicted molar refractivity (Wildman–Crippen MR) is 107 cm³/mol. The lowest BCUT2D eigenvalue weighted by atomic mass is 10.0. The number of hydrogen-bond donors (Lipinski definition) is 2. The number of ether oxygens (including phenoxy) is 3. The Morgan fingerprint density at radius 2 is 1.86 bits per heavy atom. The maximum Gasteiger partial charge on any atom is 0.238 e. The number of methoxy groups -OCH3 is 2. The van der Waals surface area contributed by atoms with Gasteiger partial charge in [0.15, 0.2) is 17.3 Å². The molecule has 1 aliphatic rings. The van der Waals surface area contributed by atoms with E-state index in [9.17, 15) is 15.0 Å². The molecule has 3 aromatic rings. The van der Waals surface area contributed by atoms with Gasteiger partial charge in [0.25, 0.3) is 0 Å². The van der Waals surface area contributed by atoms with E-state index in [-0.39, 0.29) is 28.6 Å². The normalized spacial score (nSPS) is 15.1. The number of fused-ring (bicyclic) bond motifs is 2. The molecular weight excluding hydrogens is 376 g/mol. The van der Waals surface area contributed by atoms with E-state index in [0.29, 0.717) is 34.8 Å². The second kappa shape index (κ2) is 6.77. The quantitative estimate of drug-likeness (QED) is 0.648. The van der Waals surface area contributed by atoms with Gasteiger partial charge >= 0.3 is 0 Å². The molecule has 150 valence electrons. The van der Waals surface area contributed by atoms with Gasteiger partial charge in [-0.15, -0.1) is 0 Å². The van der Waals surface area contributed by atoms with Gasteiger partial charge in [-0.1, -0.05) is 6.58 Å². The molecule has 0 saturated carbocycles. The molecule has 0 saturated heterocycles. The molecule has 0 unspecified atom stereocenters. The Morgan fingerprint density at radius 1 is 1.14 bits per heavy atom. The first-order valence-corrected chi connectivity index (χ1v) is 8.94. The number of hydrogen-bond acceptors (Lipinski definition) is 7. The van der Waals surface area contributed by atoms with Gasteiger partial charge in [0.2, 0.25) is 11.2 Å². The van der Waals surface area contributed by atoms with E-state index in [1.807, 2.05) is 6.92 Å². The van der Waals surface area contributed by atoms with Gasteiger partial charge in [-0.2, -0.15) is 0 Å². The van der Waals surface area contributed by atoms with E-state index in [4.69, 9.17) is 18.6 Å². The first-order valence-electron chi connectivity index (χ1n) is 8.94. The van der Waals surface area contributed by atoms with Gasteiger partial charge in [-0.05, 0) is 30.7 Å². The fourth-order valence-corrected chi connectivity index (χ4v) is 3.47. The van der Waals surface area contributed by atoms with Crippen molar-refractivity contribution in [2.24, 2.45) is 0 Å². The summed E-state index contributed by atoms with van der Waals surface area (Å²) in [7, 11) is 2.99. The summed E-state index contributed by atoms with van der Waals surface area (Å²) in [6.07, 6.45) is 0.103. The molecule has 0 bridgehead atoms. The van der Waals surface area contributed by atoms with Crippen LogP contribution in [0.2, 0.25) is 0 Å². The number of phenolic OH excluding ortho intramolecular Hbond substituents is 1. The SMILES string of the molecule is C=C(C)[C@H]1Cc2c(cc3oc(-c4ccc(OC)c(OC)c4)c(O)c(=O)c3c2O)O1. The lowest BCUT2D eigenvalue weighted by Gasteiger charge is -2.12. The smallest absolute Gasteiger partial charge is 0.238 e. The van der Waals surface area contributed by atoms with Gasteiger partial charge in [-0.25, -0.2) is 0 Å². The molecule has 1 aliphatic heterocycles. The standard InChI is InChI=1S/C22H20O7/c1-10(2)14-8-12-15(28-14)9-17-18(19(12)23)20(24)21(25)22(29-17)11-5-6-13(26-3)16(7-11)27-4/h5-7,9,14,23,25H,1,8H2,2-4H3/t14-/m1/s1. The monoisotopic (exact) mass is 396 g/mol. The summed E-state index contributed by atoms with van der Waals surface area (Å²) < 4.78 is 22.1. The zero-order valence-electron chi connectivity index (χ0n) is 16.2. The van der Waals surface area contributed by atoms with Crippen LogP contribution in [0.5, 0.6) is 28.7 Å². The minimum absolute atomic E-state index is 0.0442. The number of rotatable bonds is 4. The van der Waals surface area contributed by atoms with Crippen molar-refractivity contribution in [1.82, 2.24) is 0 Å². The van der Waals surface area contributed by atoms with Crippen molar-refractivity contribution in [2.45, 2.75) is 19.4 Å². The van der Waals surface area contributed by atoms with Crippen molar-refractivity contribution < 1.29 is 28.8 Å². The first kappa shape index (κ1) is 18.7. The zero-order valence-corrected chi connectivity index (χ0v) is 16.2. The maximum absolute atomic E-state index is 12.9. The third kappa shape index (κ3) is 2.86. The van der Waals surface area contributed by atoms with Crippen molar-refractivity contribution in [3.63, 3.8) is 0 Å². The van der Waals surface area contributed by atoms with Gasteiger partial charge in [0.1, 0.15) is 28.6 Å². The van der Waals surface area contributed by atoms with Crippen molar-refractivity contribution in [3.8, 4) is 40.1 Å². The molecule has 2 heterocycles. The van der Waals surface area contributed by atoms with Crippen molar-refractivity contribution in [2.75, 3.05) is 14.2 Å². The Bertz CT molecular complexity index is 1210.